The molecule has 0 heterocycles. The minimum absolute atomic E-state index is 0.125. The Morgan fingerprint density at radius 1 is 1.41 bits per heavy atom. The zero-order chi connectivity index (χ0) is 13.3. The molecular formula is C11H17FN2O2S. The second-order valence-corrected chi connectivity index (χ2v) is 6.23. The summed E-state index contributed by atoms with van der Waals surface area (Å²) in [4.78, 5) is -0.348. The Morgan fingerprint density at radius 2 is 2.00 bits per heavy atom. The van der Waals surface area contributed by atoms with E-state index in [1.165, 1.54) is 25.1 Å². The molecule has 0 bridgehead atoms. The third kappa shape index (κ3) is 3.24. The molecule has 1 aromatic carbocycles. The molecule has 0 amide bonds. The lowest BCUT2D eigenvalue weighted by atomic mass is 10.1. The van der Waals surface area contributed by atoms with E-state index in [0.29, 0.717) is 5.56 Å². The zero-order valence-corrected chi connectivity index (χ0v) is 10.9. The van der Waals surface area contributed by atoms with Gasteiger partial charge in [0.1, 0.15) is 10.7 Å². The first-order chi connectivity index (χ1) is 7.69. The van der Waals surface area contributed by atoms with E-state index in [1.54, 1.807) is 13.8 Å². The maximum atomic E-state index is 13.7. The predicted molar refractivity (Wildman–Crippen MR) is 64.6 cm³/mol. The third-order valence-corrected chi connectivity index (χ3v) is 4.08. The van der Waals surface area contributed by atoms with Crippen LogP contribution in [-0.4, -0.2) is 20.5 Å². The Balaban J connectivity index is 3.19. The van der Waals surface area contributed by atoms with E-state index in [2.05, 4.69) is 4.72 Å². The molecule has 0 aliphatic heterocycles. The molecule has 3 N–H and O–H groups in total. The molecule has 0 spiro atoms. The molecule has 0 unspecified atom stereocenters. The first-order valence-corrected chi connectivity index (χ1v) is 6.67. The van der Waals surface area contributed by atoms with Gasteiger partial charge in [-0.2, -0.15) is 0 Å². The van der Waals surface area contributed by atoms with Crippen molar-refractivity contribution < 1.29 is 12.8 Å². The minimum Gasteiger partial charge on any atom is -0.329 e. The summed E-state index contributed by atoms with van der Waals surface area (Å²) in [5.74, 6) is -0.729. The number of hydrogen-bond acceptors (Lipinski definition) is 3. The van der Waals surface area contributed by atoms with Crippen LogP contribution in [0.25, 0.3) is 0 Å². The quantitative estimate of drug-likeness (QED) is 0.853. The second-order valence-electron chi connectivity index (χ2n) is 4.58. The van der Waals surface area contributed by atoms with Crippen molar-refractivity contribution in [2.75, 3.05) is 6.54 Å². The molecule has 0 saturated heterocycles. The highest BCUT2D eigenvalue weighted by Gasteiger charge is 2.27. The molecule has 17 heavy (non-hydrogen) atoms. The van der Waals surface area contributed by atoms with Gasteiger partial charge in [-0.25, -0.2) is 17.5 Å². The molecule has 0 radical (unpaired) electrons. The molecule has 0 fully saturated rings. The molecule has 6 heteroatoms. The van der Waals surface area contributed by atoms with Crippen LogP contribution in [0.15, 0.2) is 23.1 Å². The van der Waals surface area contributed by atoms with Gasteiger partial charge < -0.3 is 5.73 Å². The average Bonchev–Trinajstić information content (AvgIpc) is 2.20. The molecular weight excluding hydrogens is 243 g/mol. The maximum Gasteiger partial charge on any atom is 0.244 e. The summed E-state index contributed by atoms with van der Waals surface area (Å²) in [6.45, 7) is 4.92. The summed E-state index contributed by atoms with van der Waals surface area (Å²) in [7, 11) is -3.89. The van der Waals surface area contributed by atoms with Crippen LogP contribution in [0.4, 0.5) is 4.39 Å². The van der Waals surface area contributed by atoms with E-state index in [9.17, 15) is 12.8 Å². The normalized spacial score (nSPS) is 12.8. The lowest BCUT2D eigenvalue weighted by Gasteiger charge is -2.24. The molecule has 1 aromatic rings. The number of hydrogen-bond donors (Lipinski definition) is 2. The maximum absolute atomic E-state index is 13.7. The summed E-state index contributed by atoms with van der Waals surface area (Å²) >= 11 is 0. The molecule has 0 aliphatic rings. The van der Waals surface area contributed by atoms with Gasteiger partial charge in [0.25, 0.3) is 0 Å². The Morgan fingerprint density at radius 3 is 2.53 bits per heavy atom. The van der Waals surface area contributed by atoms with Gasteiger partial charge in [-0.05, 0) is 32.4 Å². The average molecular weight is 260 g/mol. The summed E-state index contributed by atoms with van der Waals surface area (Å²) in [5, 5.41) is 0. The summed E-state index contributed by atoms with van der Waals surface area (Å²) in [6, 6.07) is 4.25. The molecule has 0 saturated carbocycles. The van der Waals surface area contributed by atoms with Gasteiger partial charge in [0.15, 0.2) is 0 Å². The van der Waals surface area contributed by atoms with Crippen LogP contribution in [0.1, 0.15) is 19.4 Å². The predicted octanol–water partition coefficient (Wildman–Crippen LogP) is 1.15. The Kier molecular flexibility index (Phi) is 3.91. The topological polar surface area (TPSA) is 72.2 Å². The molecule has 1 rings (SSSR count). The lowest BCUT2D eigenvalue weighted by Crippen LogP contribution is -2.48. The van der Waals surface area contributed by atoms with Gasteiger partial charge in [-0.1, -0.05) is 12.1 Å². The van der Waals surface area contributed by atoms with E-state index < -0.39 is 21.4 Å². The van der Waals surface area contributed by atoms with Crippen LogP contribution in [0, 0.1) is 12.7 Å². The number of halogens is 1. The van der Waals surface area contributed by atoms with Crippen LogP contribution in [0.5, 0.6) is 0 Å². The van der Waals surface area contributed by atoms with Gasteiger partial charge >= 0.3 is 0 Å². The van der Waals surface area contributed by atoms with E-state index in [-0.39, 0.29) is 11.4 Å². The van der Waals surface area contributed by atoms with E-state index in [1.807, 2.05) is 0 Å². The summed E-state index contributed by atoms with van der Waals surface area (Å²) in [5.41, 5.74) is 4.92. The highest BCUT2D eigenvalue weighted by molar-refractivity contribution is 7.89. The van der Waals surface area contributed by atoms with Gasteiger partial charge in [0.2, 0.25) is 10.0 Å². The highest BCUT2D eigenvalue weighted by atomic mass is 32.2. The van der Waals surface area contributed by atoms with Crippen molar-refractivity contribution in [3.05, 3.63) is 29.6 Å². The minimum atomic E-state index is -3.89. The fourth-order valence-electron chi connectivity index (χ4n) is 1.29. The van der Waals surface area contributed by atoms with Crippen molar-refractivity contribution in [2.45, 2.75) is 31.2 Å². The van der Waals surface area contributed by atoms with E-state index in [0.717, 1.165) is 0 Å². The largest absolute Gasteiger partial charge is 0.329 e. The molecule has 96 valence electrons. The fraction of sp³-hybridized carbons (Fsp3) is 0.455. The molecule has 0 aliphatic carbocycles. The Bertz CT molecular complexity index is 512. The van der Waals surface area contributed by atoms with Crippen LogP contribution in [-0.2, 0) is 10.0 Å². The van der Waals surface area contributed by atoms with Crippen molar-refractivity contribution >= 4 is 10.0 Å². The Hall–Kier alpha value is -0.980. The van der Waals surface area contributed by atoms with E-state index in [4.69, 9.17) is 5.73 Å². The first-order valence-electron chi connectivity index (χ1n) is 5.19. The van der Waals surface area contributed by atoms with Crippen molar-refractivity contribution in [3.8, 4) is 0 Å². The van der Waals surface area contributed by atoms with Crippen molar-refractivity contribution in [3.63, 3.8) is 0 Å². The third-order valence-electron chi connectivity index (χ3n) is 2.37. The molecule has 4 nitrogen and oxygen atoms in total. The lowest BCUT2D eigenvalue weighted by molar-refractivity contribution is 0.459. The van der Waals surface area contributed by atoms with Crippen LogP contribution in [0.2, 0.25) is 0 Å². The van der Waals surface area contributed by atoms with Gasteiger partial charge in [0.05, 0.1) is 0 Å². The van der Waals surface area contributed by atoms with E-state index >= 15 is 0 Å². The smallest absolute Gasteiger partial charge is 0.244 e. The summed E-state index contributed by atoms with van der Waals surface area (Å²) in [6.07, 6.45) is 0. The summed E-state index contributed by atoms with van der Waals surface area (Å²) < 4.78 is 40.0. The number of nitrogens with two attached hydrogens (primary N) is 1. The SMILES string of the molecule is Cc1cccc(S(=O)(=O)NC(C)(C)CN)c1F. The number of rotatable bonds is 4. The zero-order valence-electron chi connectivity index (χ0n) is 10.1. The van der Waals surface area contributed by atoms with Crippen molar-refractivity contribution in [1.29, 1.82) is 0 Å². The van der Waals surface area contributed by atoms with Gasteiger partial charge in [-0.3, -0.25) is 0 Å². The van der Waals surface area contributed by atoms with Gasteiger partial charge in [-0.15, -0.1) is 0 Å². The second kappa shape index (κ2) is 4.72. The molecule has 0 aromatic heterocycles. The van der Waals surface area contributed by atoms with Crippen molar-refractivity contribution in [1.82, 2.24) is 4.72 Å². The molecule has 0 atom stereocenters. The fourth-order valence-corrected chi connectivity index (χ4v) is 2.86. The Labute approximate surface area is 101 Å². The number of aryl methyl sites for hydroxylation is 1. The van der Waals surface area contributed by atoms with Crippen LogP contribution in [0.3, 0.4) is 0 Å². The number of nitrogens with one attached hydrogen (secondary N) is 1. The van der Waals surface area contributed by atoms with Crippen LogP contribution < -0.4 is 10.5 Å². The standard InChI is InChI=1S/C11H17FN2O2S/c1-8-5-4-6-9(10(8)12)17(15,16)14-11(2,3)7-13/h4-6,14H,7,13H2,1-3H3. The van der Waals surface area contributed by atoms with Crippen molar-refractivity contribution in [2.24, 2.45) is 5.73 Å². The monoisotopic (exact) mass is 260 g/mol. The van der Waals surface area contributed by atoms with Crippen LogP contribution >= 0.6 is 0 Å². The first kappa shape index (κ1) is 14.1. The van der Waals surface area contributed by atoms with Gasteiger partial charge in [0, 0.05) is 12.1 Å². The highest BCUT2D eigenvalue weighted by Crippen LogP contribution is 2.18. The number of sulfonamides is 1. The number of benzene rings is 1.